The van der Waals surface area contributed by atoms with Crippen LogP contribution in [0.15, 0.2) is 212 Å². The number of hydrogen-bond acceptors (Lipinski definition) is 4. The zero-order valence-electron chi connectivity index (χ0n) is 56.0. The summed E-state index contributed by atoms with van der Waals surface area (Å²) >= 11 is 1.61. The van der Waals surface area contributed by atoms with E-state index in [4.69, 9.17) is 34.1 Å². The number of benzene rings is 9. The van der Waals surface area contributed by atoms with Crippen molar-refractivity contribution in [2.24, 2.45) is 0 Å². The molecule has 0 N–H and O–H groups in total. The van der Waals surface area contributed by atoms with E-state index >= 15 is 0 Å². The lowest BCUT2D eigenvalue weighted by atomic mass is 10.0. The van der Waals surface area contributed by atoms with Crippen LogP contribution in [-0.4, -0.2) is 24.1 Å². The van der Waals surface area contributed by atoms with Crippen LogP contribution in [0.4, 0.5) is 0 Å². The summed E-state index contributed by atoms with van der Waals surface area (Å²) in [5.41, 5.74) is -3.13. The standard InChI is InChI=1S/C57H35N5S/c1-3-13-36(14-4-1)40-27-30-45-43-17-7-10-20-49(43)61(51(45)33-40)56-58-55(39-25-23-38(24-26-39)42-29-32-48-47-19-9-12-22-53(47)63-54(48)35-42)59-57(60-56)62-50-21-11-8-18-44(50)46-31-28-41(34-52(46)62)37-15-5-2-6-16-37/h1-35H/i1D,2D,3D,4D,5D,6D,7D,8D,10D,11D,13D,14D,15D,16D,17D,18D,20D,21D,27D,28D,30D,31D,33D,34D. The maximum Gasteiger partial charge on any atom is 0.240 e. The lowest BCUT2D eigenvalue weighted by Gasteiger charge is -2.13. The second kappa shape index (κ2) is 14.2. The second-order valence-electron chi connectivity index (χ2n) is 14.2. The molecular formula is C57H35N5S. The first kappa shape index (κ1) is 19.2. The van der Waals surface area contributed by atoms with Crippen molar-refractivity contribution in [2.45, 2.75) is 0 Å². The van der Waals surface area contributed by atoms with Crippen molar-refractivity contribution in [3.8, 4) is 56.7 Å². The minimum atomic E-state index is -0.863. The number of aromatic nitrogens is 5. The van der Waals surface area contributed by atoms with Crippen LogP contribution >= 0.6 is 11.3 Å². The Morgan fingerprint density at radius 3 is 1.44 bits per heavy atom. The highest BCUT2D eigenvalue weighted by Gasteiger charge is 2.21. The quantitative estimate of drug-likeness (QED) is 0.167. The molecule has 0 aliphatic rings. The van der Waals surface area contributed by atoms with Crippen molar-refractivity contribution >= 4 is 75.1 Å². The normalized spacial score (nSPS) is 17.1. The van der Waals surface area contributed by atoms with Crippen molar-refractivity contribution in [3.63, 3.8) is 0 Å². The summed E-state index contributed by atoms with van der Waals surface area (Å²) in [6, 6.07) is 0.763. The third-order valence-electron chi connectivity index (χ3n) is 10.7. The predicted octanol–water partition coefficient (Wildman–Crippen LogP) is 15.1. The van der Waals surface area contributed by atoms with Crippen molar-refractivity contribution in [2.75, 3.05) is 0 Å². The van der Waals surface area contributed by atoms with E-state index in [9.17, 15) is 13.7 Å². The van der Waals surface area contributed by atoms with E-state index in [1.807, 2.05) is 42.5 Å². The Morgan fingerprint density at radius 1 is 0.349 bits per heavy atom. The van der Waals surface area contributed by atoms with Gasteiger partial charge in [-0.25, -0.2) is 0 Å². The van der Waals surface area contributed by atoms with Crippen LogP contribution in [0.1, 0.15) is 32.9 Å². The zero-order valence-corrected chi connectivity index (χ0v) is 32.8. The van der Waals surface area contributed by atoms with Gasteiger partial charge in [-0.2, -0.15) is 15.0 Å². The molecule has 0 unspecified atom stereocenters. The van der Waals surface area contributed by atoms with Gasteiger partial charge in [0.2, 0.25) is 11.9 Å². The molecular weight excluding hydrogens is 787 g/mol. The molecule has 63 heavy (non-hydrogen) atoms. The van der Waals surface area contributed by atoms with Gasteiger partial charge in [0, 0.05) is 47.3 Å². The van der Waals surface area contributed by atoms with Crippen LogP contribution in [0, 0.1) is 0 Å². The lowest BCUT2D eigenvalue weighted by Crippen LogP contribution is -2.10. The molecule has 4 heterocycles. The minimum Gasteiger partial charge on any atom is -0.278 e. The Labute approximate surface area is 400 Å². The Kier molecular flexibility index (Phi) is 4.34. The molecule has 5 nitrogen and oxygen atoms in total. The first-order chi connectivity index (χ1) is 41.2. The van der Waals surface area contributed by atoms with Gasteiger partial charge in [-0.05, 0) is 69.7 Å². The van der Waals surface area contributed by atoms with Gasteiger partial charge < -0.3 is 0 Å². The molecule has 0 amide bonds. The number of rotatable bonds is 6. The summed E-state index contributed by atoms with van der Waals surface area (Å²) < 4.78 is 221. The molecule has 294 valence electrons. The molecule has 0 atom stereocenters. The van der Waals surface area contributed by atoms with Crippen molar-refractivity contribution < 1.29 is 32.9 Å². The van der Waals surface area contributed by atoms with Gasteiger partial charge >= 0.3 is 0 Å². The van der Waals surface area contributed by atoms with Gasteiger partial charge in [0.25, 0.3) is 0 Å². The fraction of sp³-hybridized carbons (Fsp3) is 0. The van der Waals surface area contributed by atoms with Gasteiger partial charge in [0.1, 0.15) is 0 Å². The fourth-order valence-electron chi connectivity index (χ4n) is 7.82. The first-order valence-electron chi connectivity index (χ1n) is 31.2. The molecule has 13 aromatic rings. The average molecular weight is 846 g/mol. The van der Waals surface area contributed by atoms with E-state index in [1.54, 1.807) is 35.6 Å². The molecule has 6 heteroatoms. The summed E-state index contributed by atoms with van der Waals surface area (Å²) in [6.07, 6.45) is 0. The summed E-state index contributed by atoms with van der Waals surface area (Å²) in [6.45, 7) is 0. The van der Waals surface area contributed by atoms with Crippen LogP contribution in [-0.2, 0) is 0 Å². The molecule has 0 aliphatic carbocycles. The summed E-state index contributed by atoms with van der Waals surface area (Å²) in [5.74, 6) is -1.66. The van der Waals surface area contributed by atoms with E-state index < -0.39 is 223 Å². The van der Waals surface area contributed by atoms with Gasteiger partial charge in [-0.1, -0.05) is 175 Å². The highest BCUT2D eigenvalue weighted by molar-refractivity contribution is 7.25. The van der Waals surface area contributed by atoms with Crippen LogP contribution < -0.4 is 0 Å². The number of para-hydroxylation sites is 2. The average Bonchev–Trinajstić information content (AvgIpc) is 1.64. The Hall–Kier alpha value is -8.19. The second-order valence-corrected chi connectivity index (χ2v) is 15.3. The Bertz CT molecular complexity index is 5040. The van der Waals surface area contributed by atoms with E-state index in [1.165, 1.54) is 0 Å². The van der Waals surface area contributed by atoms with Crippen LogP contribution in [0.2, 0.25) is 0 Å². The van der Waals surface area contributed by atoms with E-state index in [0.29, 0.717) is 5.56 Å². The summed E-state index contributed by atoms with van der Waals surface area (Å²) in [5, 5.41) is 0.327. The molecule has 13 rings (SSSR count). The highest BCUT2D eigenvalue weighted by atomic mass is 32.1. The Balaban J connectivity index is 1.20. The van der Waals surface area contributed by atoms with Crippen LogP contribution in [0.25, 0.3) is 120 Å². The largest absolute Gasteiger partial charge is 0.278 e. The maximum atomic E-state index is 9.97. The fourth-order valence-corrected chi connectivity index (χ4v) is 8.97. The SMILES string of the molecule is [2H]c1c([2H])c([2H])c(-c2c([2H])c([2H])c3c4c([2H])c([2H])c([2H])c([2H])c4n(-c4nc(-c5ccc(-c6ccc7c(c6)sc6ccccc67)cc5)nc(-n5c6c([2H])c([2H])c([2H])c([2H])c6c6c([2H])c([2H])c(-c7c([2H])c([2H])c([2H])c([2H])c7[2H])c([2H])c65)n4)c3c2[2H])c([2H])c1[2H]. The topological polar surface area (TPSA) is 48.5 Å². The molecule has 0 saturated heterocycles. The van der Waals surface area contributed by atoms with Crippen LogP contribution in [0.5, 0.6) is 0 Å². The molecule has 0 radical (unpaired) electrons. The zero-order chi connectivity index (χ0) is 62.3. The predicted molar refractivity (Wildman–Crippen MR) is 263 cm³/mol. The van der Waals surface area contributed by atoms with Gasteiger partial charge in [-0.15, -0.1) is 11.3 Å². The van der Waals surface area contributed by atoms with Crippen molar-refractivity contribution in [1.29, 1.82) is 0 Å². The maximum absolute atomic E-state index is 9.97. The van der Waals surface area contributed by atoms with Gasteiger partial charge in [0.15, 0.2) is 5.82 Å². The third-order valence-corrected chi connectivity index (χ3v) is 11.8. The minimum absolute atomic E-state index is 0.179. The smallest absolute Gasteiger partial charge is 0.240 e. The van der Waals surface area contributed by atoms with Crippen molar-refractivity contribution in [3.05, 3.63) is 212 Å². The van der Waals surface area contributed by atoms with E-state index in [0.717, 1.165) is 34.9 Å². The van der Waals surface area contributed by atoms with E-state index in [-0.39, 0.29) is 11.4 Å². The molecule has 0 aliphatic heterocycles. The van der Waals surface area contributed by atoms with Gasteiger partial charge in [-0.3, -0.25) is 9.13 Å². The molecule has 0 bridgehead atoms. The number of hydrogen-bond donors (Lipinski definition) is 0. The molecule has 0 fully saturated rings. The van der Waals surface area contributed by atoms with Crippen LogP contribution in [0.3, 0.4) is 0 Å². The monoisotopic (exact) mass is 845 g/mol. The number of nitrogens with zero attached hydrogens (tertiary/aromatic N) is 5. The lowest BCUT2D eigenvalue weighted by molar-refractivity contribution is 0.893. The van der Waals surface area contributed by atoms with E-state index in [2.05, 4.69) is 0 Å². The van der Waals surface area contributed by atoms with Gasteiger partial charge in [0.05, 0.1) is 55.0 Å². The van der Waals surface area contributed by atoms with Crippen molar-refractivity contribution in [1.82, 2.24) is 24.1 Å². The summed E-state index contributed by atoms with van der Waals surface area (Å²) in [4.78, 5) is 14.6. The first-order valence-corrected chi connectivity index (χ1v) is 20.0. The molecule has 0 saturated carbocycles. The number of thiophene rings is 1. The molecule has 0 spiro atoms. The third kappa shape index (κ3) is 5.80. The Morgan fingerprint density at radius 2 is 0.841 bits per heavy atom. The highest BCUT2D eigenvalue weighted by Crippen LogP contribution is 2.39. The summed E-state index contributed by atoms with van der Waals surface area (Å²) in [7, 11) is 0. The molecule has 4 aromatic heterocycles. The number of fused-ring (bicyclic) bond motifs is 9. The molecule has 9 aromatic carbocycles.